The summed E-state index contributed by atoms with van der Waals surface area (Å²) in [5, 5.41) is 0. The number of aldehydes is 1. The molecule has 6 nitrogen and oxygen atoms in total. The highest BCUT2D eigenvalue weighted by Crippen LogP contribution is 1.85. The molecule has 10 heavy (non-hydrogen) atoms. The van der Waals surface area contributed by atoms with E-state index in [-0.39, 0.29) is 0 Å². The maximum atomic E-state index is 9.81. The fourth-order valence-electron chi connectivity index (χ4n) is 0.204. The van der Waals surface area contributed by atoms with Crippen LogP contribution in [0.5, 0.6) is 0 Å². The molecule has 1 atom stereocenters. The van der Waals surface area contributed by atoms with Crippen LogP contribution in [0.25, 0.3) is 0 Å². The molecule has 0 bridgehead atoms. The third kappa shape index (κ3) is 5.63. The molecule has 0 unspecified atom stereocenters. The average molecular weight is 169 g/mol. The fraction of sp³-hybridized carbons (Fsp3) is 0.667. The van der Waals surface area contributed by atoms with Crippen LogP contribution in [0, 0.1) is 0 Å². The van der Waals surface area contributed by atoms with Gasteiger partial charge in [0.1, 0.15) is 6.29 Å². The lowest BCUT2D eigenvalue weighted by Crippen LogP contribution is -2.28. The zero-order chi connectivity index (χ0) is 8.20. The molecule has 0 aromatic carbocycles. The van der Waals surface area contributed by atoms with Gasteiger partial charge in [-0.2, -0.15) is 8.42 Å². The van der Waals surface area contributed by atoms with Crippen LogP contribution in [-0.2, 0) is 19.4 Å². The van der Waals surface area contributed by atoms with Crippen LogP contribution in [0.1, 0.15) is 0 Å². The summed E-state index contributed by atoms with van der Waals surface area (Å²) in [6.45, 7) is -0.539. The molecule has 3 N–H and O–H groups in total. The van der Waals surface area contributed by atoms with Crippen molar-refractivity contribution in [2.75, 3.05) is 6.61 Å². The molecule has 0 amide bonds. The van der Waals surface area contributed by atoms with Crippen LogP contribution in [0.15, 0.2) is 0 Å². The zero-order valence-electron chi connectivity index (χ0n) is 4.93. The summed E-state index contributed by atoms with van der Waals surface area (Å²) in [7, 11) is -4.47. The second-order valence-electron chi connectivity index (χ2n) is 1.51. The molecule has 0 aromatic heterocycles. The van der Waals surface area contributed by atoms with E-state index in [2.05, 4.69) is 4.18 Å². The third-order valence-electron chi connectivity index (χ3n) is 0.584. The van der Waals surface area contributed by atoms with Gasteiger partial charge in [-0.1, -0.05) is 0 Å². The van der Waals surface area contributed by atoms with E-state index in [0.717, 1.165) is 0 Å². The van der Waals surface area contributed by atoms with Crippen LogP contribution < -0.4 is 5.73 Å². The Morgan fingerprint density at radius 3 is 2.50 bits per heavy atom. The van der Waals surface area contributed by atoms with Crippen molar-refractivity contribution in [1.29, 1.82) is 0 Å². The summed E-state index contributed by atoms with van der Waals surface area (Å²) < 4.78 is 31.3. The van der Waals surface area contributed by atoms with Crippen molar-refractivity contribution in [1.82, 2.24) is 0 Å². The molecule has 0 radical (unpaired) electrons. The first-order valence-corrected chi connectivity index (χ1v) is 3.65. The second-order valence-corrected chi connectivity index (χ2v) is 2.60. The van der Waals surface area contributed by atoms with Gasteiger partial charge < -0.3 is 10.5 Å². The number of rotatable bonds is 4. The smallest absolute Gasteiger partial charge is 0.320 e. The monoisotopic (exact) mass is 169 g/mol. The molecule has 0 aromatic rings. The quantitative estimate of drug-likeness (QED) is 0.385. The molecule has 0 saturated heterocycles. The Morgan fingerprint density at radius 1 is 1.70 bits per heavy atom. The van der Waals surface area contributed by atoms with Crippen molar-refractivity contribution >= 4 is 16.7 Å². The SMILES string of the molecule is N[C@H](C=O)COS(=O)(=O)O. The van der Waals surface area contributed by atoms with Crippen molar-refractivity contribution in [2.45, 2.75) is 6.04 Å². The highest BCUT2D eigenvalue weighted by molar-refractivity contribution is 7.80. The number of nitrogens with two attached hydrogens (primary N) is 1. The minimum absolute atomic E-state index is 0.311. The first kappa shape index (κ1) is 9.50. The highest BCUT2D eigenvalue weighted by atomic mass is 32.3. The lowest BCUT2D eigenvalue weighted by molar-refractivity contribution is -0.109. The lowest BCUT2D eigenvalue weighted by Gasteiger charge is -2.00. The Morgan fingerprint density at radius 2 is 2.20 bits per heavy atom. The minimum atomic E-state index is -4.47. The third-order valence-corrected chi connectivity index (χ3v) is 1.02. The zero-order valence-corrected chi connectivity index (χ0v) is 5.74. The molecule has 0 heterocycles. The molecule has 0 aliphatic rings. The maximum Gasteiger partial charge on any atom is 0.397 e. The summed E-state index contributed by atoms with van der Waals surface area (Å²) in [6.07, 6.45) is 0.311. The maximum absolute atomic E-state index is 9.81. The van der Waals surface area contributed by atoms with Gasteiger partial charge in [-0.15, -0.1) is 0 Å². The molecule has 60 valence electrons. The normalized spacial score (nSPS) is 14.6. The Balaban J connectivity index is 3.66. The van der Waals surface area contributed by atoms with E-state index in [9.17, 15) is 13.2 Å². The Labute approximate surface area is 57.9 Å². The van der Waals surface area contributed by atoms with Gasteiger partial charge in [0, 0.05) is 0 Å². The van der Waals surface area contributed by atoms with Crippen LogP contribution >= 0.6 is 0 Å². The van der Waals surface area contributed by atoms with E-state index in [1.54, 1.807) is 0 Å². The summed E-state index contributed by atoms with van der Waals surface area (Å²) >= 11 is 0. The number of carbonyl (C=O) groups excluding carboxylic acids is 1. The fourth-order valence-corrected chi connectivity index (χ4v) is 0.533. The molecular weight excluding hydrogens is 162 g/mol. The van der Waals surface area contributed by atoms with Gasteiger partial charge in [-0.3, -0.25) is 4.55 Å². The van der Waals surface area contributed by atoms with Crippen molar-refractivity contribution in [3.05, 3.63) is 0 Å². The van der Waals surface area contributed by atoms with Crippen LogP contribution in [0.3, 0.4) is 0 Å². The molecule has 7 heteroatoms. The number of hydrogen-bond acceptors (Lipinski definition) is 5. The number of carbonyl (C=O) groups is 1. The van der Waals surface area contributed by atoms with Gasteiger partial charge >= 0.3 is 10.4 Å². The lowest BCUT2D eigenvalue weighted by atomic mass is 10.4. The van der Waals surface area contributed by atoms with E-state index in [1.165, 1.54) is 0 Å². The van der Waals surface area contributed by atoms with Crippen molar-refractivity contribution in [3.8, 4) is 0 Å². The Kier molecular flexibility index (Phi) is 3.43. The molecular formula is C3H7NO5S. The standard InChI is InChI=1S/C3H7NO5S/c4-3(1-5)2-9-10(6,7)8/h1,3H,2,4H2,(H,6,7,8)/t3-/m1/s1. The molecule has 0 fully saturated rings. The Bertz CT molecular complexity index is 197. The number of hydrogen-bond donors (Lipinski definition) is 2. The topological polar surface area (TPSA) is 107 Å². The summed E-state index contributed by atoms with van der Waals surface area (Å²) in [5.41, 5.74) is 4.91. The minimum Gasteiger partial charge on any atom is -0.320 e. The van der Waals surface area contributed by atoms with Crippen molar-refractivity contribution < 1.29 is 21.9 Å². The van der Waals surface area contributed by atoms with Gasteiger partial charge in [0.25, 0.3) is 0 Å². The summed E-state index contributed by atoms with van der Waals surface area (Å²) in [4.78, 5) is 9.74. The van der Waals surface area contributed by atoms with Crippen molar-refractivity contribution in [3.63, 3.8) is 0 Å². The van der Waals surface area contributed by atoms with E-state index >= 15 is 0 Å². The van der Waals surface area contributed by atoms with E-state index in [4.69, 9.17) is 10.3 Å². The van der Waals surface area contributed by atoms with Crippen LogP contribution in [0.4, 0.5) is 0 Å². The van der Waals surface area contributed by atoms with E-state index in [1.807, 2.05) is 0 Å². The first-order valence-electron chi connectivity index (χ1n) is 2.28. The van der Waals surface area contributed by atoms with Crippen LogP contribution in [0.2, 0.25) is 0 Å². The Hall–Kier alpha value is -0.500. The predicted octanol–water partition coefficient (Wildman–Crippen LogP) is -1.67. The predicted molar refractivity (Wildman–Crippen MR) is 31.5 cm³/mol. The van der Waals surface area contributed by atoms with E-state index in [0.29, 0.717) is 6.29 Å². The van der Waals surface area contributed by atoms with Gasteiger partial charge in [-0.25, -0.2) is 4.18 Å². The first-order chi connectivity index (χ1) is 4.45. The molecule has 0 aliphatic carbocycles. The second kappa shape index (κ2) is 3.62. The molecule has 0 aliphatic heterocycles. The van der Waals surface area contributed by atoms with Crippen LogP contribution in [-0.4, -0.2) is 31.9 Å². The molecule has 0 spiro atoms. The largest absolute Gasteiger partial charge is 0.397 e. The van der Waals surface area contributed by atoms with Gasteiger partial charge in [0.2, 0.25) is 0 Å². The van der Waals surface area contributed by atoms with Crippen molar-refractivity contribution in [2.24, 2.45) is 5.73 Å². The molecule has 0 saturated carbocycles. The van der Waals surface area contributed by atoms with Gasteiger partial charge in [-0.05, 0) is 0 Å². The average Bonchev–Trinajstić information content (AvgIpc) is 1.81. The highest BCUT2D eigenvalue weighted by Gasteiger charge is 2.07. The molecule has 0 rings (SSSR count). The van der Waals surface area contributed by atoms with E-state index < -0.39 is 23.0 Å². The summed E-state index contributed by atoms with van der Waals surface area (Å²) in [6, 6.07) is -1.03. The summed E-state index contributed by atoms with van der Waals surface area (Å²) in [5.74, 6) is 0. The van der Waals surface area contributed by atoms with Gasteiger partial charge in [0.05, 0.1) is 12.6 Å². The van der Waals surface area contributed by atoms with Gasteiger partial charge in [0.15, 0.2) is 0 Å².